The molecule has 0 saturated heterocycles. The lowest BCUT2D eigenvalue weighted by molar-refractivity contribution is -0.139. The summed E-state index contributed by atoms with van der Waals surface area (Å²) in [5.41, 5.74) is 0. The van der Waals surface area contributed by atoms with Gasteiger partial charge in [-0.2, -0.15) is 4.72 Å². The van der Waals surface area contributed by atoms with Crippen LogP contribution in [-0.2, 0) is 14.8 Å². The second kappa shape index (κ2) is 6.55. The molecule has 3 N–H and O–H groups in total. The molecular formula is C11H15NO7S. The van der Waals surface area contributed by atoms with Crippen LogP contribution in [0.4, 0.5) is 0 Å². The smallest absolute Gasteiger partial charge is 0.324 e. The van der Waals surface area contributed by atoms with Gasteiger partial charge in [-0.3, -0.25) is 4.79 Å². The van der Waals surface area contributed by atoms with Gasteiger partial charge in [-0.25, -0.2) is 8.42 Å². The number of ether oxygens (including phenoxy) is 2. The van der Waals surface area contributed by atoms with Gasteiger partial charge in [-0.1, -0.05) is 0 Å². The predicted molar refractivity (Wildman–Crippen MR) is 68.4 cm³/mol. The van der Waals surface area contributed by atoms with Crippen LogP contribution in [0.1, 0.15) is 0 Å². The number of aliphatic hydroxyl groups excluding tert-OH is 1. The number of carbonyl (C=O) groups is 1. The lowest BCUT2D eigenvalue weighted by atomic mass is 10.3. The van der Waals surface area contributed by atoms with Gasteiger partial charge in [-0.05, 0) is 12.1 Å². The van der Waals surface area contributed by atoms with E-state index in [4.69, 9.17) is 19.7 Å². The first-order chi connectivity index (χ1) is 9.35. The number of carboxylic acids is 1. The molecule has 112 valence electrons. The minimum Gasteiger partial charge on any atom is -0.493 e. The molecule has 0 aliphatic carbocycles. The fourth-order valence-corrected chi connectivity index (χ4v) is 2.60. The maximum Gasteiger partial charge on any atom is 0.324 e. The van der Waals surface area contributed by atoms with Gasteiger partial charge in [0.05, 0.1) is 25.7 Å². The van der Waals surface area contributed by atoms with Gasteiger partial charge < -0.3 is 19.7 Å². The van der Waals surface area contributed by atoms with E-state index in [1.165, 1.54) is 32.4 Å². The first-order valence-corrected chi connectivity index (χ1v) is 6.92. The van der Waals surface area contributed by atoms with Crippen molar-refractivity contribution in [3.05, 3.63) is 18.2 Å². The molecule has 0 bridgehead atoms. The maximum atomic E-state index is 12.0. The number of hydrogen-bond acceptors (Lipinski definition) is 6. The van der Waals surface area contributed by atoms with Crippen LogP contribution in [0.25, 0.3) is 0 Å². The number of rotatable bonds is 7. The normalized spacial score (nSPS) is 12.8. The molecule has 8 nitrogen and oxygen atoms in total. The zero-order valence-corrected chi connectivity index (χ0v) is 11.7. The molecule has 0 fully saturated rings. The van der Waals surface area contributed by atoms with Crippen molar-refractivity contribution in [2.24, 2.45) is 0 Å². The minimum absolute atomic E-state index is 0.186. The Balaban J connectivity index is 3.12. The van der Waals surface area contributed by atoms with E-state index in [-0.39, 0.29) is 10.6 Å². The SMILES string of the molecule is COc1ccc(S(=O)(=O)NC(CO)C(=O)O)cc1OC. The van der Waals surface area contributed by atoms with Gasteiger partial charge in [0.1, 0.15) is 6.04 Å². The Labute approximate surface area is 116 Å². The van der Waals surface area contributed by atoms with E-state index in [9.17, 15) is 13.2 Å². The Hall–Kier alpha value is -1.84. The summed E-state index contributed by atoms with van der Waals surface area (Å²) in [6.45, 7) is -0.859. The van der Waals surface area contributed by atoms with Gasteiger partial charge in [-0.15, -0.1) is 0 Å². The first-order valence-electron chi connectivity index (χ1n) is 5.43. The number of carboxylic acid groups (broad SMARTS) is 1. The second-order valence-electron chi connectivity index (χ2n) is 3.71. The third-order valence-electron chi connectivity index (χ3n) is 2.44. The largest absolute Gasteiger partial charge is 0.493 e. The topological polar surface area (TPSA) is 122 Å². The highest BCUT2D eigenvalue weighted by atomic mass is 32.2. The second-order valence-corrected chi connectivity index (χ2v) is 5.43. The Kier molecular flexibility index (Phi) is 5.31. The molecule has 0 saturated carbocycles. The van der Waals surface area contributed by atoms with Crippen molar-refractivity contribution >= 4 is 16.0 Å². The minimum atomic E-state index is -4.10. The van der Waals surface area contributed by atoms with Gasteiger partial charge >= 0.3 is 5.97 Å². The summed E-state index contributed by atoms with van der Waals surface area (Å²) in [4.78, 5) is 10.5. The lowest BCUT2D eigenvalue weighted by Gasteiger charge is -2.14. The van der Waals surface area contributed by atoms with Crippen LogP contribution in [0, 0.1) is 0 Å². The van der Waals surface area contributed by atoms with Gasteiger partial charge in [0, 0.05) is 6.07 Å². The highest BCUT2D eigenvalue weighted by molar-refractivity contribution is 7.89. The Bertz CT molecular complexity index is 584. The van der Waals surface area contributed by atoms with Crippen LogP contribution in [0.3, 0.4) is 0 Å². The molecule has 0 amide bonds. The molecule has 0 spiro atoms. The molecule has 1 aromatic rings. The van der Waals surface area contributed by atoms with Crippen molar-refractivity contribution in [3.63, 3.8) is 0 Å². The summed E-state index contributed by atoms with van der Waals surface area (Å²) in [6, 6.07) is 2.19. The average Bonchev–Trinajstić information content (AvgIpc) is 2.43. The Morgan fingerprint density at radius 2 is 1.90 bits per heavy atom. The highest BCUT2D eigenvalue weighted by Gasteiger charge is 2.25. The fourth-order valence-electron chi connectivity index (χ4n) is 1.40. The molecule has 0 aliphatic heterocycles. The van der Waals surface area contributed by atoms with Crippen molar-refractivity contribution in [3.8, 4) is 11.5 Å². The molecule has 0 aromatic heterocycles. The summed E-state index contributed by atoms with van der Waals surface area (Å²) in [7, 11) is -1.36. The summed E-state index contributed by atoms with van der Waals surface area (Å²) in [5, 5.41) is 17.6. The summed E-state index contributed by atoms with van der Waals surface area (Å²) in [6.07, 6.45) is 0. The van der Waals surface area contributed by atoms with Crippen molar-refractivity contribution in [1.82, 2.24) is 4.72 Å². The van der Waals surface area contributed by atoms with Crippen LogP contribution in [0.15, 0.2) is 23.1 Å². The van der Waals surface area contributed by atoms with E-state index in [1.807, 2.05) is 4.72 Å². The number of nitrogens with one attached hydrogen (secondary N) is 1. The number of aliphatic hydroxyl groups is 1. The predicted octanol–water partition coefficient (Wildman–Crippen LogP) is -0.572. The highest BCUT2D eigenvalue weighted by Crippen LogP contribution is 2.29. The van der Waals surface area contributed by atoms with Crippen molar-refractivity contribution in [1.29, 1.82) is 0 Å². The monoisotopic (exact) mass is 305 g/mol. The number of benzene rings is 1. The van der Waals surface area contributed by atoms with Crippen LogP contribution in [0.5, 0.6) is 11.5 Å². The molecule has 1 unspecified atom stereocenters. The van der Waals surface area contributed by atoms with Crippen LogP contribution >= 0.6 is 0 Å². The van der Waals surface area contributed by atoms with Crippen LogP contribution < -0.4 is 14.2 Å². The molecule has 0 radical (unpaired) electrons. The summed E-state index contributed by atoms with van der Waals surface area (Å²) < 4.78 is 35.8. The van der Waals surface area contributed by atoms with E-state index in [0.717, 1.165) is 0 Å². The third-order valence-corrected chi connectivity index (χ3v) is 3.91. The summed E-state index contributed by atoms with van der Waals surface area (Å²) in [5.74, 6) is -0.953. The quantitative estimate of drug-likeness (QED) is 0.616. The standard InChI is InChI=1S/C11H15NO7S/c1-18-9-4-3-7(5-10(9)19-2)20(16,17)12-8(6-13)11(14)15/h3-5,8,12-13H,6H2,1-2H3,(H,14,15). The maximum absolute atomic E-state index is 12.0. The van der Waals surface area contributed by atoms with Crippen molar-refractivity contribution in [2.75, 3.05) is 20.8 Å². The molecule has 20 heavy (non-hydrogen) atoms. The zero-order chi connectivity index (χ0) is 15.3. The number of aliphatic carboxylic acids is 1. The van der Waals surface area contributed by atoms with Gasteiger partial charge in [0.25, 0.3) is 0 Å². The van der Waals surface area contributed by atoms with E-state index in [1.54, 1.807) is 0 Å². The number of sulfonamides is 1. The number of methoxy groups -OCH3 is 2. The van der Waals surface area contributed by atoms with Gasteiger partial charge in [0.2, 0.25) is 10.0 Å². The van der Waals surface area contributed by atoms with E-state index in [0.29, 0.717) is 5.75 Å². The fraction of sp³-hybridized carbons (Fsp3) is 0.364. The van der Waals surface area contributed by atoms with Gasteiger partial charge in [0.15, 0.2) is 11.5 Å². The van der Waals surface area contributed by atoms with Crippen molar-refractivity contribution in [2.45, 2.75) is 10.9 Å². The lowest BCUT2D eigenvalue weighted by Crippen LogP contribution is -2.43. The molecule has 9 heteroatoms. The zero-order valence-electron chi connectivity index (χ0n) is 10.9. The molecular weight excluding hydrogens is 290 g/mol. The molecule has 1 rings (SSSR count). The van der Waals surface area contributed by atoms with Crippen LogP contribution in [-0.4, -0.2) is 51.5 Å². The first kappa shape index (κ1) is 16.2. The Morgan fingerprint density at radius 3 is 2.35 bits per heavy atom. The summed E-state index contributed by atoms with van der Waals surface area (Å²) >= 11 is 0. The third kappa shape index (κ3) is 3.59. The Morgan fingerprint density at radius 1 is 1.30 bits per heavy atom. The molecule has 1 aromatic carbocycles. The van der Waals surface area contributed by atoms with Crippen molar-refractivity contribution < 1.29 is 32.9 Å². The number of hydrogen-bond donors (Lipinski definition) is 3. The molecule has 1 atom stereocenters. The molecule has 0 aliphatic rings. The van der Waals surface area contributed by atoms with E-state index in [2.05, 4.69) is 0 Å². The average molecular weight is 305 g/mol. The van der Waals surface area contributed by atoms with Crippen LogP contribution in [0.2, 0.25) is 0 Å². The van der Waals surface area contributed by atoms with E-state index < -0.39 is 28.6 Å². The molecule has 0 heterocycles. The van der Waals surface area contributed by atoms with E-state index >= 15 is 0 Å².